The van der Waals surface area contributed by atoms with E-state index >= 15 is 0 Å². The molecular formula is C9H2O2. The molecule has 11 heavy (non-hydrogen) atoms. The van der Waals surface area contributed by atoms with Crippen LogP contribution in [0.2, 0.25) is 0 Å². The van der Waals surface area contributed by atoms with Crippen LogP contribution in [0.5, 0.6) is 0 Å². The highest BCUT2D eigenvalue weighted by Crippen LogP contribution is 2.03. The van der Waals surface area contributed by atoms with Gasteiger partial charge in [-0.3, -0.25) is 0 Å². The normalized spacial score (nSPS) is 8.73. The van der Waals surface area contributed by atoms with Gasteiger partial charge in [0.05, 0.1) is 5.39 Å². The second-order valence-electron chi connectivity index (χ2n) is 1.99. The molecule has 0 aliphatic heterocycles. The van der Waals surface area contributed by atoms with Gasteiger partial charge in [0.25, 0.3) is 0 Å². The molecule has 0 fully saturated rings. The lowest BCUT2D eigenvalue weighted by atomic mass is 10.3. The third-order valence-electron chi connectivity index (χ3n) is 1.27. The summed E-state index contributed by atoms with van der Waals surface area (Å²) < 4.78 is 4.77. The fourth-order valence-electron chi connectivity index (χ4n) is 0.796. The molecule has 2 aromatic rings. The molecule has 2 rings (SSSR count). The topological polar surface area (TPSA) is 30.2 Å². The quantitative estimate of drug-likeness (QED) is 0.549. The predicted octanol–water partition coefficient (Wildman–Crippen LogP) is 0.994. The smallest absolute Gasteiger partial charge is 0.390 e. The molecule has 1 heterocycles. The van der Waals surface area contributed by atoms with Crippen LogP contribution in [0, 0.1) is 24.3 Å². The van der Waals surface area contributed by atoms with E-state index < -0.39 is 5.63 Å². The summed E-state index contributed by atoms with van der Waals surface area (Å²) in [6.45, 7) is 0. The average Bonchev–Trinajstić information content (AvgIpc) is 2.04. The van der Waals surface area contributed by atoms with Crippen molar-refractivity contribution in [2.45, 2.75) is 0 Å². The van der Waals surface area contributed by atoms with Crippen molar-refractivity contribution < 1.29 is 4.42 Å². The third kappa shape index (κ3) is 0.911. The van der Waals surface area contributed by atoms with Gasteiger partial charge in [-0.1, -0.05) is 18.2 Å². The maximum Gasteiger partial charge on any atom is 0.390 e. The molecule has 2 nitrogen and oxygen atoms in total. The summed E-state index contributed by atoms with van der Waals surface area (Å²) in [7, 11) is 0. The van der Waals surface area contributed by atoms with Crippen molar-refractivity contribution in [1.82, 2.24) is 0 Å². The fraction of sp³-hybridized carbons (Fsp3) is 0. The number of rotatable bonds is 0. The van der Waals surface area contributed by atoms with Crippen LogP contribution in [0.4, 0.5) is 0 Å². The highest BCUT2D eigenvalue weighted by atomic mass is 16.4. The molecular weight excluding hydrogens is 140 g/mol. The molecule has 0 N–H and O–H groups in total. The van der Waals surface area contributed by atoms with Crippen molar-refractivity contribution in [3.05, 3.63) is 46.8 Å². The van der Waals surface area contributed by atoms with Gasteiger partial charge >= 0.3 is 5.63 Å². The van der Waals surface area contributed by atoms with Gasteiger partial charge in [-0.05, 0) is 0 Å². The molecule has 0 bridgehead atoms. The summed E-state index contributed by atoms with van der Waals surface area (Å²) in [5.41, 5.74) is -0.0513. The molecule has 0 unspecified atom stereocenters. The summed E-state index contributed by atoms with van der Waals surface area (Å²) >= 11 is 0. The van der Waals surface area contributed by atoms with Crippen LogP contribution < -0.4 is 5.63 Å². The summed E-state index contributed by atoms with van der Waals surface area (Å²) in [6.07, 6.45) is 0. The van der Waals surface area contributed by atoms with Crippen LogP contribution in [0.3, 0.4) is 0 Å². The van der Waals surface area contributed by atoms with Crippen LogP contribution >= 0.6 is 0 Å². The summed E-state index contributed by atoms with van der Waals surface area (Å²) in [5, 5.41) is 0.684. The first-order chi connectivity index (χ1) is 5.36. The monoisotopic (exact) mass is 142 g/mol. The Bertz CT molecular complexity index is 429. The Labute approximate surface area is 63.1 Å². The summed E-state index contributed by atoms with van der Waals surface area (Å²) in [5.74, 6) is 0. The van der Waals surface area contributed by atoms with E-state index in [-0.39, 0.29) is 0 Å². The molecule has 0 amide bonds. The predicted molar refractivity (Wildman–Crippen MR) is 37.8 cm³/mol. The number of hydrogen-bond acceptors (Lipinski definition) is 2. The molecule has 50 valence electrons. The van der Waals surface area contributed by atoms with Crippen LogP contribution in [-0.4, -0.2) is 0 Å². The van der Waals surface area contributed by atoms with Gasteiger partial charge in [0.15, 0.2) is 5.58 Å². The average molecular weight is 142 g/mol. The van der Waals surface area contributed by atoms with Gasteiger partial charge in [-0.15, -0.1) is 0 Å². The van der Waals surface area contributed by atoms with Gasteiger partial charge < -0.3 is 4.42 Å². The lowest BCUT2D eigenvalue weighted by molar-refractivity contribution is 0.562. The zero-order chi connectivity index (χ0) is 7.68. The van der Waals surface area contributed by atoms with Gasteiger partial charge in [-0.25, -0.2) is 4.79 Å². The third-order valence-corrected chi connectivity index (χ3v) is 1.27. The first-order valence-corrected chi connectivity index (χ1v) is 3.02. The first kappa shape index (κ1) is 5.82. The molecule has 0 atom stereocenters. The van der Waals surface area contributed by atoms with Crippen molar-refractivity contribution in [3.8, 4) is 0 Å². The van der Waals surface area contributed by atoms with E-state index in [4.69, 9.17) is 4.42 Å². The first-order valence-electron chi connectivity index (χ1n) is 3.02. The van der Waals surface area contributed by atoms with Crippen molar-refractivity contribution in [1.29, 1.82) is 0 Å². The summed E-state index contributed by atoms with van der Waals surface area (Å²) in [4.78, 5) is 10.6. The molecule has 0 aliphatic rings. The molecule has 1 aromatic heterocycles. The Balaban J connectivity index is 2.94. The van der Waals surface area contributed by atoms with E-state index in [0.29, 0.717) is 11.0 Å². The highest BCUT2D eigenvalue weighted by Gasteiger charge is 1.90. The second-order valence-corrected chi connectivity index (χ2v) is 1.99. The molecule has 1 aromatic carbocycles. The van der Waals surface area contributed by atoms with Crippen molar-refractivity contribution in [3.63, 3.8) is 0 Å². The van der Waals surface area contributed by atoms with E-state index in [1.165, 1.54) is 0 Å². The maximum absolute atomic E-state index is 10.6. The number of hydrogen-bond donors (Lipinski definition) is 0. The lowest BCUT2D eigenvalue weighted by Crippen LogP contribution is -1.90. The zero-order valence-electron chi connectivity index (χ0n) is 5.47. The van der Waals surface area contributed by atoms with Crippen molar-refractivity contribution >= 4 is 11.0 Å². The van der Waals surface area contributed by atoms with Gasteiger partial charge in [0.1, 0.15) is 0 Å². The Kier molecular flexibility index (Phi) is 1.08. The van der Waals surface area contributed by atoms with Gasteiger partial charge in [-0.2, -0.15) is 0 Å². The van der Waals surface area contributed by atoms with Crippen molar-refractivity contribution in [2.24, 2.45) is 0 Å². The largest absolute Gasteiger partial charge is 0.415 e. The molecule has 0 aliphatic carbocycles. The van der Waals surface area contributed by atoms with Crippen LogP contribution in [0.15, 0.2) is 21.3 Å². The van der Waals surface area contributed by atoms with E-state index in [2.05, 4.69) is 24.3 Å². The second kappa shape index (κ2) is 2.04. The van der Waals surface area contributed by atoms with E-state index in [1.807, 2.05) is 0 Å². The SMILES string of the molecule is O=c1c#cc2cc#ccc2o1. The van der Waals surface area contributed by atoms with Gasteiger partial charge in [0, 0.05) is 18.2 Å². The Morgan fingerprint density at radius 1 is 1.18 bits per heavy atom. The van der Waals surface area contributed by atoms with E-state index in [9.17, 15) is 4.79 Å². The Morgan fingerprint density at radius 2 is 2.00 bits per heavy atom. The lowest BCUT2D eigenvalue weighted by Gasteiger charge is -1.83. The van der Waals surface area contributed by atoms with Crippen molar-refractivity contribution in [2.75, 3.05) is 0 Å². The number of fused-ring (bicyclic) bond motifs is 1. The molecule has 0 saturated carbocycles. The molecule has 0 radical (unpaired) electrons. The minimum absolute atomic E-state index is 0.465. The Hall–Kier alpha value is -1.93. The molecule has 2 heteroatoms. The van der Waals surface area contributed by atoms with E-state index in [1.54, 1.807) is 12.1 Å². The molecule has 0 spiro atoms. The zero-order valence-corrected chi connectivity index (χ0v) is 5.47. The minimum Gasteiger partial charge on any atom is -0.415 e. The standard InChI is InChI=1S/C9H2O2/c10-9-6-5-7-3-1-2-4-8(7)11-9/h3-4H. The Morgan fingerprint density at radius 3 is 2.91 bits per heavy atom. The maximum atomic E-state index is 10.6. The fourth-order valence-corrected chi connectivity index (χ4v) is 0.796. The summed E-state index contributed by atoms with van der Waals surface area (Å²) in [6, 6.07) is 13.5. The van der Waals surface area contributed by atoms with Gasteiger partial charge in [0.2, 0.25) is 0 Å². The van der Waals surface area contributed by atoms with Crippen LogP contribution in [-0.2, 0) is 0 Å². The van der Waals surface area contributed by atoms with E-state index in [0.717, 1.165) is 0 Å². The molecule has 0 saturated heterocycles. The van der Waals surface area contributed by atoms with Crippen LogP contribution in [0.25, 0.3) is 11.0 Å². The highest BCUT2D eigenvalue weighted by molar-refractivity contribution is 5.72. The minimum atomic E-state index is -0.517. The van der Waals surface area contributed by atoms with Crippen LogP contribution in [0.1, 0.15) is 0 Å².